The van der Waals surface area contributed by atoms with E-state index in [1.54, 1.807) is 19.0 Å². The van der Waals surface area contributed by atoms with E-state index in [0.717, 1.165) is 25.9 Å². The van der Waals surface area contributed by atoms with Crippen LogP contribution in [-0.4, -0.2) is 50.4 Å². The Morgan fingerprint density at radius 2 is 1.95 bits per heavy atom. The fraction of sp³-hybridized carbons (Fsp3) is 0.857. The first-order chi connectivity index (χ1) is 9.00. The largest absolute Gasteiger partial charge is 0.356 e. The van der Waals surface area contributed by atoms with Gasteiger partial charge in [-0.05, 0) is 37.8 Å². The van der Waals surface area contributed by atoms with Gasteiger partial charge in [-0.25, -0.2) is 0 Å². The van der Waals surface area contributed by atoms with Crippen LogP contribution in [0.1, 0.15) is 32.6 Å². The van der Waals surface area contributed by atoms with Crippen LogP contribution >= 0.6 is 0 Å². The van der Waals surface area contributed by atoms with Gasteiger partial charge in [-0.1, -0.05) is 6.92 Å². The molecule has 2 N–H and O–H groups in total. The second kappa shape index (κ2) is 8.15. The highest BCUT2D eigenvalue weighted by molar-refractivity contribution is 5.78. The maximum absolute atomic E-state index is 11.8. The van der Waals surface area contributed by atoms with Gasteiger partial charge < -0.3 is 15.5 Å². The SMILES string of the molecule is CC(CC(=O)NCCC(=O)N(C)C)C1CCNCC1. The summed E-state index contributed by atoms with van der Waals surface area (Å²) in [5.41, 5.74) is 0. The van der Waals surface area contributed by atoms with E-state index < -0.39 is 0 Å². The third-order valence-electron chi connectivity index (χ3n) is 3.86. The monoisotopic (exact) mass is 269 g/mol. The lowest BCUT2D eigenvalue weighted by Crippen LogP contribution is -2.34. The molecule has 1 aliphatic heterocycles. The van der Waals surface area contributed by atoms with Gasteiger partial charge in [0.05, 0.1) is 0 Å². The molecule has 110 valence electrons. The average molecular weight is 269 g/mol. The summed E-state index contributed by atoms with van der Waals surface area (Å²) in [5.74, 6) is 1.19. The van der Waals surface area contributed by atoms with Gasteiger partial charge in [0.25, 0.3) is 0 Å². The van der Waals surface area contributed by atoms with E-state index in [9.17, 15) is 9.59 Å². The van der Waals surface area contributed by atoms with E-state index in [2.05, 4.69) is 17.6 Å². The van der Waals surface area contributed by atoms with Crippen molar-refractivity contribution in [1.82, 2.24) is 15.5 Å². The fourth-order valence-corrected chi connectivity index (χ4v) is 2.48. The summed E-state index contributed by atoms with van der Waals surface area (Å²) in [6, 6.07) is 0. The van der Waals surface area contributed by atoms with Crippen molar-refractivity contribution in [1.29, 1.82) is 0 Å². The smallest absolute Gasteiger partial charge is 0.223 e. The Kier molecular flexibility index (Phi) is 6.84. The molecule has 1 atom stereocenters. The first-order valence-electron chi connectivity index (χ1n) is 7.18. The lowest BCUT2D eigenvalue weighted by atomic mass is 9.84. The van der Waals surface area contributed by atoms with Crippen LogP contribution in [0, 0.1) is 11.8 Å². The highest BCUT2D eigenvalue weighted by atomic mass is 16.2. The number of amides is 2. The zero-order valence-corrected chi connectivity index (χ0v) is 12.4. The topological polar surface area (TPSA) is 61.4 Å². The van der Waals surface area contributed by atoms with Gasteiger partial charge >= 0.3 is 0 Å². The van der Waals surface area contributed by atoms with Gasteiger partial charge in [0.15, 0.2) is 0 Å². The molecule has 1 fully saturated rings. The molecule has 0 aliphatic carbocycles. The number of rotatable bonds is 6. The summed E-state index contributed by atoms with van der Waals surface area (Å²) in [7, 11) is 3.45. The van der Waals surface area contributed by atoms with Crippen LogP contribution in [0.25, 0.3) is 0 Å². The standard InChI is InChI=1S/C14H27N3O2/c1-11(12-4-7-15-8-5-12)10-13(18)16-9-6-14(19)17(2)3/h11-12,15H,4-10H2,1-3H3,(H,16,18). The highest BCUT2D eigenvalue weighted by Gasteiger charge is 2.21. The Bertz CT molecular complexity index is 299. The predicted octanol–water partition coefficient (Wildman–Crippen LogP) is 0.607. The number of carbonyl (C=O) groups is 2. The van der Waals surface area contributed by atoms with Crippen LogP contribution in [-0.2, 0) is 9.59 Å². The molecule has 1 aliphatic rings. The maximum Gasteiger partial charge on any atom is 0.223 e. The van der Waals surface area contributed by atoms with E-state index in [0.29, 0.717) is 31.2 Å². The lowest BCUT2D eigenvalue weighted by Gasteiger charge is -2.27. The zero-order valence-electron chi connectivity index (χ0n) is 12.4. The fourth-order valence-electron chi connectivity index (χ4n) is 2.48. The number of carbonyl (C=O) groups excluding carboxylic acids is 2. The molecule has 1 rings (SSSR count). The summed E-state index contributed by atoms with van der Waals surface area (Å²) < 4.78 is 0. The molecule has 0 saturated carbocycles. The van der Waals surface area contributed by atoms with Crippen molar-refractivity contribution in [3.63, 3.8) is 0 Å². The number of nitrogens with zero attached hydrogens (tertiary/aromatic N) is 1. The molecule has 0 spiro atoms. The molecule has 5 nitrogen and oxygen atoms in total. The molecule has 0 bridgehead atoms. The summed E-state index contributed by atoms with van der Waals surface area (Å²) in [6.07, 6.45) is 3.27. The molecular formula is C14H27N3O2. The van der Waals surface area contributed by atoms with Crippen molar-refractivity contribution in [3.8, 4) is 0 Å². The highest BCUT2D eigenvalue weighted by Crippen LogP contribution is 2.23. The van der Waals surface area contributed by atoms with Crippen molar-refractivity contribution in [2.75, 3.05) is 33.7 Å². The van der Waals surface area contributed by atoms with Gasteiger partial charge in [-0.3, -0.25) is 9.59 Å². The third-order valence-corrected chi connectivity index (χ3v) is 3.86. The van der Waals surface area contributed by atoms with Gasteiger partial charge in [-0.2, -0.15) is 0 Å². The number of hydrogen-bond acceptors (Lipinski definition) is 3. The van der Waals surface area contributed by atoms with Gasteiger partial charge in [-0.15, -0.1) is 0 Å². The second-order valence-corrected chi connectivity index (χ2v) is 5.66. The molecular weight excluding hydrogens is 242 g/mol. The van der Waals surface area contributed by atoms with Crippen LogP contribution in [0.2, 0.25) is 0 Å². The molecule has 0 aromatic carbocycles. The lowest BCUT2D eigenvalue weighted by molar-refractivity contribution is -0.128. The van der Waals surface area contributed by atoms with Crippen molar-refractivity contribution in [3.05, 3.63) is 0 Å². The van der Waals surface area contributed by atoms with E-state index in [1.807, 2.05) is 0 Å². The Morgan fingerprint density at radius 1 is 1.32 bits per heavy atom. The van der Waals surface area contributed by atoms with Gasteiger partial charge in [0, 0.05) is 33.5 Å². The Morgan fingerprint density at radius 3 is 2.53 bits per heavy atom. The van der Waals surface area contributed by atoms with Crippen LogP contribution in [0.15, 0.2) is 0 Å². The zero-order chi connectivity index (χ0) is 14.3. The Labute approximate surface area is 116 Å². The minimum absolute atomic E-state index is 0.0479. The van der Waals surface area contributed by atoms with E-state index in [-0.39, 0.29) is 11.8 Å². The quantitative estimate of drug-likeness (QED) is 0.742. The minimum atomic E-state index is 0.0479. The summed E-state index contributed by atoms with van der Waals surface area (Å²) in [6.45, 7) is 4.72. The van der Waals surface area contributed by atoms with Gasteiger partial charge in [0.2, 0.25) is 11.8 Å². The summed E-state index contributed by atoms with van der Waals surface area (Å²) >= 11 is 0. The maximum atomic E-state index is 11.8. The van der Waals surface area contributed by atoms with E-state index in [4.69, 9.17) is 0 Å². The molecule has 1 heterocycles. The van der Waals surface area contributed by atoms with Crippen molar-refractivity contribution in [2.45, 2.75) is 32.6 Å². The molecule has 0 radical (unpaired) electrons. The molecule has 5 heteroatoms. The van der Waals surface area contributed by atoms with E-state index in [1.165, 1.54) is 0 Å². The third kappa shape index (κ3) is 6.05. The molecule has 1 saturated heterocycles. The predicted molar refractivity (Wildman–Crippen MR) is 75.7 cm³/mol. The summed E-state index contributed by atoms with van der Waals surface area (Å²) in [5, 5.41) is 6.17. The van der Waals surface area contributed by atoms with Crippen molar-refractivity contribution >= 4 is 11.8 Å². The number of hydrogen-bond donors (Lipinski definition) is 2. The average Bonchev–Trinajstić information content (AvgIpc) is 2.39. The second-order valence-electron chi connectivity index (χ2n) is 5.66. The first-order valence-corrected chi connectivity index (χ1v) is 7.18. The number of piperidine rings is 1. The van der Waals surface area contributed by atoms with E-state index >= 15 is 0 Å². The van der Waals surface area contributed by atoms with Crippen molar-refractivity contribution in [2.24, 2.45) is 11.8 Å². The van der Waals surface area contributed by atoms with Gasteiger partial charge in [0.1, 0.15) is 0 Å². The normalized spacial score (nSPS) is 17.8. The van der Waals surface area contributed by atoms with Crippen molar-refractivity contribution < 1.29 is 9.59 Å². The molecule has 0 aromatic heterocycles. The van der Waals surface area contributed by atoms with Crippen LogP contribution in [0.4, 0.5) is 0 Å². The summed E-state index contributed by atoms with van der Waals surface area (Å²) in [4.78, 5) is 24.7. The van der Waals surface area contributed by atoms with Crippen LogP contribution in [0.3, 0.4) is 0 Å². The van der Waals surface area contributed by atoms with Crippen LogP contribution in [0.5, 0.6) is 0 Å². The molecule has 2 amide bonds. The molecule has 0 aromatic rings. The first kappa shape index (κ1) is 16.0. The number of nitrogens with one attached hydrogen (secondary N) is 2. The molecule has 1 unspecified atom stereocenters. The Balaban J connectivity index is 2.17. The molecule has 19 heavy (non-hydrogen) atoms. The van der Waals surface area contributed by atoms with Crippen LogP contribution < -0.4 is 10.6 Å². The minimum Gasteiger partial charge on any atom is -0.356 e. The Hall–Kier alpha value is -1.10.